The predicted molar refractivity (Wildman–Crippen MR) is 66.7 cm³/mol. The second-order valence-corrected chi connectivity index (χ2v) is 4.90. The average Bonchev–Trinajstić information content (AvgIpc) is 2.67. The molecule has 1 nitrogen and oxygen atoms in total. The van der Waals surface area contributed by atoms with Crippen molar-refractivity contribution in [3.05, 3.63) is 53.5 Å². The van der Waals surface area contributed by atoms with Gasteiger partial charge in [0.2, 0.25) is 0 Å². The summed E-state index contributed by atoms with van der Waals surface area (Å²) in [4.78, 5) is 2.62. The zero-order valence-corrected chi connectivity index (χ0v) is 9.58. The Bertz CT molecular complexity index is 379. The first-order chi connectivity index (χ1) is 7.27. The molecule has 0 aromatic heterocycles. The minimum absolute atomic E-state index is 0.186. The first-order valence-electron chi connectivity index (χ1n) is 5.14. The molecule has 0 aliphatic heterocycles. The van der Waals surface area contributed by atoms with Gasteiger partial charge < -0.3 is 5.73 Å². The van der Waals surface area contributed by atoms with Gasteiger partial charge in [-0.15, -0.1) is 0 Å². The normalized spacial score (nSPS) is 21.5. The number of rotatable bonds is 3. The van der Waals surface area contributed by atoms with Crippen LogP contribution in [0.25, 0.3) is 0 Å². The molecular weight excluding hydrogens is 202 g/mol. The van der Waals surface area contributed by atoms with E-state index in [2.05, 4.69) is 49.4 Å². The summed E-state index contributed by atoms with van der Waals surface area (Å²) >= 11 is 1.81. The maximum Gasteiger partial charge on any atom is 0.0234 e. The van der Waals surface area contributed by atoms with Crippen molar-refractivity contribution in [3.8, 4) is 0 Å². The van der Waals surface area contributed by atoms with Gasteiger partial charge in [0, 0.05) is 16.9 Å². The fourth-order valence-electron chi connectivity index (χ4n) is 1.64. The van der Waals surface area contributed by atoms with Crippen molar-refractivity contribution in [2.75, 3.05) is 0 Å². The summed E-state index contributed by atoms with van der Waals surface area (Å²) in [6.07, 6.45) is 6.43. The summed E-state index contributed by atoms with van der Waals surface area (Å²) in [6.45, 7) is 2.06. The summed E-state index contributed by atoms with van der Waals surface area (Å²) in [5, 5.41) is 0. The molecule has 1 unspecified atom stereocenters. The second-order valence-electron chi connectivity index (χ2n) is 3.75. The van der Waals surface area contributed by atoms with E-state index in [1.165, 1.54) is 9.80 Å². The van der Waals surface area contributed by atoms with Crippen LogP contribution in [0.15, 0.2) is 58.4 Å². The lowest BCUT2D eigenvalue weighted by Gasteiger charge is -2.16. The van der Waals surface area contributed by atoms with E-state index >= 15 is 0 Å². The predicted octanol–water partition coefficient (Wildman–Crippen LogP) is 3.20. The van der Waals surface area contributed by atoms with Crippen LogP contribution in [0.2, 0.25) is 0 Å². The molecule has 2 N–H and O–H groups in total. The maximum absolute atomic E-state index is 5.94. The molecule has 0 radical (unpaired) electrons. The molecule has 0 amide bonds. The summed E-state index contributed by atoms with van der Waals surface area (Å²) in [5.74, 6) is 0.384. The van der Waals surface area contributed by atoms with E-state index < -0.39 is 0 Å². The number of allylic oxidation sites excluding steroid dienone is 2. The van der Waals surface area contributed by atoms with E-state index in [4.69, 9.17) is 5.73 Å². The third-order valence-corrected chi connectivity index (χ3v) is 3.60. The molecule has 1 aliphatic carbocycles. The van der Waals surface area contributed by atoms with Gasteiger partial charge in [-0.3, -0.25) is 0 Å². The molecule has 0 bridgehead atoms. The molecule has 0 spiro atoms. The van der Waals surface area contributed by atoms with E-state index in [-0.39, 0.29) is 6.04 Å². The molecule has 0 fully saturated rings. The van der Waals surface area contributed by atoms with Crippen molar-refractivity contribution in [2.45, 2.75) is 17.9 Å². The Morgan fingerprint density at radius 2 is 2.00 bits per heavy atom. The summed E-state index contributed by atoms with van der Waals surface area (Å²) in [7, 11) is 0. The van der Waals surface area contributed by atoms with Gasteiger partial charge in [-0.2, -0.15) is 0 Å². The highest BCUT2D eigenvalue weighted by Gasteiger charge is 2.19. The molecule has 1 aromatic carbocycles. The van der Waals surface area contributed by atoms with Gasteiger partial charge in [-0.25, -0.2) is 0 Å². The topological polar surface area (TPSA) is 26.0 Å². The number of hydrogen-bond donors (Lipinski definition) is 1. The van der Waals surface area contributed by atoms with E-state index in [1.54, 1.807) is 11.8 Å². The third kappa shape index (κ3) is 2.52. The highest BCUT2D eigenvalue weighted by molar-refractivity contribution is 8.03. The highest BCUT2D eigenvalue weighted by atomic mass is 32.2. The molecule has 0 heterocycles. The lowest BCUT2D eigenvalue weighted by atomic mass is 10.0. The Morgan fingerprint density at radius 3 is 2.67 bits per heavy atom. The first kappa shape index (κ1) is 10.5. The largest absolute Gasteiger partial charge is 0.327 e. The average molecular weight is 217 g/mol. The van der Waals surface area contributed by atoms with Gasteiger partial charge in [0.1, 0.15) is 0 Å². The van der Waals surface area contributed by atoms with Crippen LogP contribution >= 0.6 is 11.8 Å². The maximum atomic E-state index is 5.94. The van der Waals surface area contributed by atoms with Crippen molar-refractivity contribution >= 4 is 11.8 Å². The molecule has 2 rings (SSSR count). The fraction of sp³-hybridized carbons (Fsp3) is 0.231. The van der Waals surface area contributed by atoms with Crippen molar-refractivity contribution in [3.63, 3.8) is 0 Å². The second kappa shape index (κ2) is 4.69. The van der Waals surface area contributed by atoms with Gasteiger partial charge in [0.15, 0.2) is 0 Å². The van der Waals surface area contributed by atoms with Gasteiger partial charge in [0.05, 0.1) is 0 Å². The number of hydrogen-bond acceptors (Lipinski definition) is 2. The number of nitrogens with two attached hydrogens (primary N) is 1. The molecule has 0 saturated heterocycles. The van der Waals surface area contributed by atoms with Crippen LogP contribution in [-0.4, -0.2) is 6.04 Å². The van der Waals surface area contributed by atoms with Crippen LogP contribution in [-0.2, 0) is 0 Å². The lowest BCUT2D eigenvalue weighted by molar-refractivity contribution is 0.633. The highest BCUT2D eigenvalue weighted by Crippen LogP contribution is 2.36. The molecule has 2 heteroatoms. The van der Waals surface area contributed by atoms with E-state index in [0.717, 1.165) is 0 Å². The Kier molecular flexibility index (Phi) is 3.29. The Labute approximate surface area is 95.1 Å². The van der Waals surface area contributed by atoms with E-state index in [0.29, 0.717) is 5.92 Å². The van der Waals surface area contributed by atoms with Crippen LogP contribution < -0.4 is 5.73 Å². The third-order valence-electron chi connectivity index (χ3n) is 2.45. The van der Waals surface area contributed by atoms with Crippen molar-refractivity contribution < 1.29 is 0 Å². The molecular formula is C13H15NS. The zero-order chi connectivity index (χ0) is 10.7. The van der Waals surface area contributed by atoms with Gasteiger partial charge in [0.25, 0.3) is 0 Å². The Balaban J connectivity index is 2.08. The standard InChI is InChI=1S/C13H15NS/c1-10(14)12-8-5-9-13(12)15-11-6-3-2-4-7-11/h2-10,12H,14H2,1H3/t10-,12?/m1/s1. The molecule has 78 valence electrons. The Morgan fingerprint density at radius 1 is 1.27 bits per heavy atom. The van der Waals surface area contributed by atoms with Crippen LogP contribution in [0.4, 0.5) is 0 Å². The SMILES string of the molecule is C[C@@H](N)C1C=CC=C1Sc1ccccc1. The summed E-state index contributed by atoms with van der Waals surface area (Å²) < 4.78 is 0. The van der Waals surface area contributed by atoms with Crippen molar-refractivity contribution in [1.29, 1.82) is 0 Å². The summed E-state index contributed by atoms with van der Waals surface area (Å²) in [5.41, 5.74) is 5.94. The van der Waals surface area contributed by atoms with Gasteiger partial charge in [-0.05, 0) is 24.0 Å². The van der Waals surface area contributed by atoms with E-state index in [1.807, 2.05) is 6.07 Å². The monoisotopic (exact) mass is 217 g/mol. The zero-order valence-electron chi connectivity index (χ0n) is 8.76. The molecule has 2 atom stereocenters. The van der Waals surface area contributed by atoms with Gasteiger partial charge >= 0.3 is 0 Å². The van der Waals surface area contributed by atoms with Crippen LogP contribution in [0.5, 0.6) is 0 Å². The van der Waals surface area contributed by atoms with E-state index in [9.17, 15) is 0 Å². The molecule has 0 saturated carbocycles. The molecule has 15 heavy (non-hydrogen) atoms. The minimum atomic E-state index is 0.186. The quantitative estimate of drug-likeness (QED) is 0.841. The van der Waals surface area contributed by atoms with Crippen LogP contribution in [0.3, 0.4) is 0 Å². The molecule has 1 aromatic rings. The first-order valence-corrected chi connectivity index (χ1v) is 5.96. The summed E-state index contributed by atoms with van der Waals surface area (Å²) in [6, 6.07) is 10.6. The Hall–Kier alpha value is -0.990. The van der Waals surface area contributed by atoms with Crippen molar-refractivity contribution in [1.82, 2.24) is 0 Å². The fourth-order valence-corrected chi connectivity index (χ4v) is 2.78. The molecule has 1 aliphatic rings. The number of benzene rings is 1. The van der Waals surface area contributed by atoms with Crippen molar-refractivity contribution in [2.24, 2.45) is 11.7 Å². The van der Waals surface area contributed by atoms with Gasteiger partial charge in [-0.1, -0.05) is 48.2 Å². The minimum Gasteiger partial charge on any atom is -0.327 e. The lowest BCUT2D eigenvalue weighted by Crippen LogP contribution is -2.24. The van der Waals surface area contributed by atoms with Crippen LogP contribution in [0, 0.1) is 5.92 Å². The number of thioether (sulfide) groups is 1. The van der Waals surface area contributed by atoms with Crippen LogP contribution in [0.1, 0.15) is 6.92 Å². The smallest absolute Gasteiger partial charge is 0.0234 e.